The number of carbonyl (C=O) groups is 1. The van der Waals surface area contributed by atoms with E-state index >= 15 is 0 Å². The van der Waals surface area contributed by atoms with Crippen molar-refractivity contribution < 1.29 is 18.3 Å². The van der Waals surface area contributed by atoms with E-state index in [-0.39, 0.29) is 17.2 Å². The maximum Gasteiger partial charge on any atom is 0.201 e. The quantitative estimate of drug-likeness (QED) is 0.578. The number of hydrogen-bond donors (Lipinski definition) is 0. The van der Waals surface area contributed by atoms with E-state index in [2.05, 4.69) is 4.74 Å². The summed E-state index contributed by atoms with van der Waals surface area (Å²) in [6.07, 6.45) is 0. The van der Waals surface area contributed by atoms with Gasteiger partial charge in [0.1, 0.15) is 0 Å². The van der Waals surface area contributed by atoms with Gasteiger partial charge in [0, 0.05) is 0 Å². The standard InChI is InChI=1S/C9H7ClF2O2/c1-14-7-3-2-5(6(13)4-10)8(11)9(7)12/h2-3H,4H2,1H3. The van der Waals surface area contributed by atoms with E-state index in [9.17, 15) is 13.6 Å². The van der Waals surface area contributed by atoms with Gasteiger partial charge in [0.05, 0.1) is 18.6 Å². The summed E-state index contributed by atoms with van der Waals surface area (Å²) in [4.78, 5) is 11.0. The Morgan fingerprint density at radius 1 is 1.43 bits per heavy atom. The fourth-order valence-corrected chi connectivity index (χ4v) is 1.12. The summed E-state index contributed by atoms with van der Waals surface area (Å²) in [6.45, 7) is 0. The monoisotopic (exact) mass is 220 g/mol. The second-order valence-electron chi connectivity index (χ2n) is 2.50. The molecule has 0 amide bonds. The van der Waals surface area contributed by atoms with Gasteiger partial charge in [-0.25, -0.2) is 4.39 Å². The molecule has 5 heteroatoms. The van der Waals surface area contributed by atoms with E-state index in [1.807, 2.05) is 0 Å². The van der Waals surface area contributed by atoms with Crippen molar-refractivity contribution in [1.29, 1.82) is 0 Å². The molecule has 0 aliphatic carbocycles. The molecule has 0 unspecified atom stereocenters. The first kappa shape index (κ1) is 10.9. The molecular formula is C9H7ClF2O2. The number of rotatable bonds is 3. The van der Waals surface area contributed by atoms with Crippen LogP contribution in [0.25, 0.3) is 0 Å². The highest BCUT2D eigenvalue weighted by Gasteiger charge is 2.17. The number of methoxy groups -OCH3 is 1. The molecule has 0 aliphatic heterocycles. The molecule has 1 aromatic rings. The molecule has 0 spiro atoms. The predicted octanol–water partition coefficient (Wildman–Crippen LogP) is 2.39. The highest BCUT2D eigenvalue weighted by Crippen LogP contribution is 2.22. The number of ether oxygens (including phenoxy) is 1. The zero-order valence-corrected chi connectivity index (χ0v) is 8.07. The van der Waals surface area contributed by atoms with Crippen LogP contribution in [0.4, 0.5) is 8.78 Å². The molecule has 0 aromatic heterocycles. The van der Waals surface area contributed by atoms with Crippen LogP contribution < -0.4 is 4.74 Å². The minimum absolute atomic E-state index is 0.242. The molecule has 0 heterocycles. The number of carbonyl (C=O) groups excluding carboxylic acids is 1. The van der Waals surface area contributed by atoms with Crippen molar-refractivity contribution in [1.82, 2.24) is 0 Å². The molecule has 0 radical (unpaired) electrons. The normalized spacial score (nSPS) is 10.0. The molecule has 0 N–H and O–H groups in total. The van der Waals surface area contributed by atoms with Crippen LogP contribution in [0.1, 0.15) is 10.4 Å². The Morgan fingerprint density at radius 2 is 2.07 bits per heavy atom. The van der Waals surface area contributed by atoms with Crippen LogP contribution in [-0.4, -0.2) is 18.8 Å². The molecule has 0 saturated carbocycles. The van der Waals surface area contributed by atoms with E-state index in [0.29, 0.717) is 0 Å². The van der Waals surface area contributed by atoms with Gasteiger partial charge in [0.25, 0.3) is 0 Å². The largest absolute Gasteiger partial charge is 0.494 e. The van der Waals surface area contributed by atoms with Crippen LogP contribution in [0.2, 0.25) is 0 Å². The summed E-state index contributed by atoms with van der Waals surface area (Å²) in [6, 6.07) is 2.32. The van der Waals surface area contributed by atoms with Gasteiger partial charge < -0.3 is 4.74 Å². The maximum atomic E-state index is 13.2. The van der Waals surface area contributed by atoms with Crippen LogP contribution in [0.15, 0.2) is 12.1 Å². The molecule has 2 nitrogen and oxygen atoms in total. The summed E-state index contributed by atoms with van der Waals surface area (Å²) >= 11 is 5.21. The molecule has 0 atom stereocenters. The van der Waals surface area contributed by atoms with Gasteiger partial charge in [-0.2, -0.15) is 4.39 Å². The SMILES string of the molecule is COc1ccc(C(=O)CCl)c(F)c1F. The van der Waals surface area contributed by atoms with Crippen molar-refractivity contribution in [2.75, 3.05) is 13.0 Å². The minimum atomic E-state index is -1.23. The van der Waals surface area contributed by atoms with Gasteiger partial charge in [-0.05, 0) is 12.1 Å². The summed E-state index contributed by atoms with van der Waals surface area (Å²) in [7, 11) is 1.21. The third-order valence-electron chi connectivity index (χ3n) is 1.69. The number of benzene rings is 1. The lowest BCUT2D eigenvalue weighted by Gasteiger charge is -2.05. The highest BCUT2D eigenvalue weighted by atomic mass is 35.5. The summed E-state index contributed by atoms with van der Waals surface area (Å²) in [5, 5.41) is 0. The first-order valence-corrected chi connectivity index (χ1v) is 4.26. The minimum Gasteiger partial charge on any atom is -0.494 e. The van der Waals surface area contributed by atoms with Crippen molar-refractivity contribution in [3.63, 3.8) is 0 Å². The molecule has 14 heavy (non-hydrogen) atoms. The van der Waals surface area contributed by atoms with E-state index in [0.717, 1.165) is 6.07 Å². The Hall–Kier alpha value is -1.16. The van der Waals surface area contributed by atoms with E-state index in [1.54, 1.807) is 0 Å². The van der Waals surface area contributed by atoms with Gasteiger partial charge in [0.15, 0.2) is 17.3 Å². The zero-order chi connectivity index (χ0) is 10.7. The Kier molecular flexibility index (Phi) is 3.41. The van der Waals surface area contributed by atoms with Gasteiger partial charge in [-0.15, -0.1) is 11.6 Å². The molecule has 0 fully saturated rings. The lowest BCUT2D eigenvalue weighted by atomic mass is 10.1. The topological polar surface area (TPSA) is 26.3 Å². The second-order valence-corrected chi connectivity index (χ2v) is 2.77. The highest BCUT2D eigenvalue weighted by molar-refractivity contribution is 6.30. The van der Waals surface area contributed by atoms with Crippen molar-refractivity contribution in [3.05, 3.63) is 29.3 Å². The number of hydrogen-bond acceptors (Lipinski definition) is 2. The number of ketones is 1. The number of halogens is 3. The lowest BCUT2D eigenvalue weighted by Crippen LogP contribution is -2.06. The summed E-state index contributed by atoms with van der Waals surface area (Å²) in [5.74, 6) is -3.69. The van der Waals surface area contributed by atoms with Crippen LogP contribution in [0.3, 0.4) is 0 Å². The first-order valence-electron chi connectivity index (χ1n) is 3.73. The number of alkyl halides is 1. The predicted molar refractivity (Wildman–Crippen MR) is 48.0 cm³/mol. The fraction of sp³-hybridized carbons (Fsp3) is 0.222. The second kappa shape index (κ2) is 4.37. The van der Waals surface area contributed by atoms with Crippen LogP contribution in [0.5, 0.6) is 5.75 Å². The van der Waals surface area contributed by atoms with Gasteiger partial charge in [0.2, 0.25) is 5.82 Å². The van der Waals surface area contributed by atoms with Crippen molar-refractivity contribution in [3.8, 4) is 5.75 Å². The molecule has 0 aliphatic rings. The zero-order valence-electron chi connectivity index (χ0n) is 7.31. The smallest absolute Gasteiger partial charge is 0.201 e. The van der Waals surface area contributed by atoms with E-state index in [1.165, 1.54) is 13.2 Å². The molecule has 1 aromatic carbocycles. The Labute approximate surface area is 84.4 Å². The van der Waals surface area contributed by atoms with Crippen molar-refractivity contribution in [2.45, 2.75) is 0 Å². The molecular weight excluding hydrogens is 214 g/mol. The average molecular weight is 221 g/mol. The van der Waals surface area contributed by atoms with Crippen LogP contribution in [0, 0.1) is 11.6 Å². The van der Waals surface area contributed by atoms with Gasteiger partial charge in [-0.1, -0.05) is 0 Å². The fourth-order valence-electron chi connectivity index (χ4n) is 0.977. The van der Waals surface area contributed by atoms with Crippen LogP contribution in [-0.2, 0) is 0 Å². The van der Waals surface area contributed by atoms with Crippen LogP contribution >= 0.6 is 11.6 Å². The van der Waals surface area contributed by atoms with Gasteiger partial charge in [-0.3, -0.25) is 4.79 Å². The Bertz CT molecular complexity index is 366. The molecule has 1 rings (SSSR count). The average Bonchev–Trinajstić information content (AvgIpc) is 2.21. The van der Waals surface area contributed by atoms with Crippen molar-refractivity contribution >= 4 is 17.4 Å². The number of Topliss-reactive ketones (excluding diaryl/α,β-unsaturated/α-hetero) is 1. The van der Waals surface area contributed by atoms with Crippen molar-refractivity contribution in [2.24, 2.45) is 0 Å². The van der Waals surface area contributed by atoms with E-state index < -0.39 is 17.4 Å². The molecule has 0 saturated heterocycles. The summed E-state index contributed by atoms with van der Waals surface area (Å²) < 4.78 is 30.8. The Balaban J connectivity index is 3.24. The summed E-state index contributed by atoms with van der Waals surface area (Å²) in [5.41, 5.74) is -0.363. The maximum absolute atomic E-state index is 13.2. The van der Waals surface area contributed by atoms with Gasteiger partial charge >= 0.3 is 0 Å². The third-order valence-corrected chi connectivity index (χ3v) is 1.93. The molecule has 0 bridgehead atoms. The molecule has 76 valence electrons. The Morgan fingerprint density at radius 3 is 2.57 bits per heavy atom. The lowest BCUT2D eigenvalue weighted by molar-refractivity contribution is 0.101. The third kappa shape index (κ3) is 1.85. The van der Waals surface area contributed by atoms with E-state index in [4.69, 9.17) is 11.6 Å². The first-order chi connectivity index (χ1) is 6.61.